The maximum atomic E-state index is 14.2. The first-order chi connectivity index (χ1) is 12.0. The van der Waals surface area contributed by atoms with E-state index in [2.05, 4.69) is 15.1 Å². The predicted molar refractivity (Wildman–Crippen MR) is 86.7 cm³/mol. The number of aryl methyl sites for hydroxylation is 3. The lowest BCUT2D eigenvalue weighted by Crippen LogP contribution is -2.32. The molecule has 7 nitrogen and oxygen atoms in total. The number of hydrogen-bond donors (Lipinski definition) is 0. The summed E-state index contributed by atoms with van der Waals surface area (Å²) in [6, 6.07) is 0. The molecule has 0 aliphatic carbocycles. The quantitative estimate of drug-likeness (QED) is 0.822. The molecule has 1 fully saturated rings. The number of ether oxygens (including phenoxy) is 1. The van der Waals surface area contributed by atoms with Gasteiger partial charge >= 0.3 is 0 Å². The molecule has 3 heterocycles. The Bertz CT molecular complexity index is 758. The van der Waals surface area contributed by atoms with E-state index in [1.165, 1.54) is 6.33 Å². The van der Waals surface area contributed by atoms with Gasteiger partial charge in [0.1, 0.15) is 18.2 Å². The highest BCUT2D eigenvalue weighted by atomic mass is 19.1. The standard InChI is InChI=1S/C17H21FN4O3/c1-4-14-16(18)17(20-9-19-14)24-12-5-6-22(8-12)15(23)7-13-10(2)21-25-11(13)3/h9,12H,4-8H2,1-3H3/t12-/m0/s1. The number of aromatic nitrogens is 3. The molecule has 0 unspecified atom stereocenters. The zero-order valence-electron chi connectivity index (χ0n) is 14.6. The van der Waals surface area contributed by atoms with Crippen molar-refractivity contribution in [3.63, 3.8) is 0 Å². The van der Waals surface area contributed by atoms with Crippen molar-refractivity contribution in [2.45, 2.75) is 46.1 Å². The molecular weight excluding hydrogens is 327 g/mol. The maximum absolute atomic E-state index is 14.2. The number of amides is 1. The van der Waals surface area contributed by atoms with Gasteiger partial charge < -0.3 is 14.2 Å². The summed E-state index contributed by atoms with van der Waals surface area (Å²) >= 11 is 0. The lowest BCUT2D eigenvalue weighted by atomic mass is 10.1. The molecule has 2 aromatic rings. The van der Waals surface area contributed by atoms with Gasteiger partial charge in [-0.1, -0.05) is 12.1 Å². The maximum Gasteiger partial charge on any atom is 0.254 e. The van der Waals surface area contributed by atoms with Gasteiger partial charge in [0, 0.05) is 18.5 Å². The van der Waals surface area contributed by atoms with Gasteiger partial charge in [0.25, 0.3) is 5.88 Å². The summed E-state index contributed by atoms with van der Waals surface area (Å²) in [7, 11) is 0. The molecule has 0 radical (unpaired) electrons. The van der Waals surface area contributed by atoms with Gasteiger partial charge in [-0.3, -0.25) is 4.79 Å². The van der Waals surface area contributed by atoms with E-state index < -0.39 is 5.82 Å². The molecule has 1 saturated heterocycles. The molecule has 25 heavy (non-hydrogen) atoms. The third kappa shape index (κ3) is 3.62. The molecule has 3 rings (SSSR count). The first kappa shape index (κ1) is 17.3. The molecule has 1 atom stereocenters. The van der Waals surface area contributed by atoms with Gasteiger partial charge in [-0.25, -0.2) is 4.98 Å². The average Bonchev–Trinajstić information content (AvgIpc) is 3.19. The second kappa shape index (κ2) is 7.16. The van der Waals surface area contributed by atoms with Crippen LogP contribution in [0.5, 0.6) is 5.88 Å². The fourth-order valence-corrected chi connectivity index (χ4v) is 2.94. The number of hydrogen-bond acceptors (Lipinski definition) is 6. The topological polar surface area (TPSA) is 81.4 Å². The molecule has 0 saturated carbocycles. The summed E-state index contributed by atoms with van der Waals surface area (Å²) in [6.45, 7) is 6.41. The fraction of sp³-hybridized carbons (Fsp3) is 0.529. The molecule has 1 aliphatic rings. The minimum Gasteiger partial charge on any atom is -0.470 e. The van der Waals surface area contributed by atoms with Gasteiger partial charge in [-0.15, -0.1) is 0 Å². The van der Waals surface area contributed by atoms with Gasteiger partial charge in [-0.2, -0.15) is 9.37 Å². The van der Waals surface area contributed by atoms with E-state index in [0.717, 1.165) is 11.3 Å². The highest BCUT2D eigenvalue weighted by Crippen LogP contribution is 2.22. The molecule has 0 bridgehead atoms. The van der Waals surface area contributed by atoms with Gasteiger partial charge in [0.2, 0.25) is 11.7 Å². The Labute approximate surface area is 145 Å². The van der Waals surface area contributed by atoms with Crippen molar-refractivity contribution in [1.82, 2.24) is 20.0 Å². The van der Waals surface area contributed by atoms with Crippen LogP contribution >= 0.6 is 0 Å². The Kier molecular flexibility index (Phi) is 4.96. The van der Waals surface area contributed by atoms with E-state index in [0.29, 0.717) is 37.4 Å². The Balaban J connectivity index is 1.61. The summed E-state index contributed by atoms with van der Waals surface area (Å²) in [5.41, 5.74) is 1.88. The van der Waals surface area contributed by atoms with Crippen molar-refractivity contribution < 1.29 is 18.4 Å². The normalized spacial score (nSPS) is 17.1. The largest absolute Gasteiger partial charge is 0.470 e. The van der Waals surface area contributed by atoms with Gasteiger partial charge in [-0.05, 0) is 20.3 Å². The summed E-state index contributed by atoms with van der Waals surface area (Å²) in [6.07, 6.45) is 2.38. The minimum absolute atomic E-state index is 0.0158. The molecule has 0 aromatic carbocycles. The Morgan fingerprint density at radius 1 is 1.44 bits per heavy atom. The molecular formula is C17H21FN4O3. The van der Waals surface area contributed by atoms with Crippen LogP contribution in [0.15, 0.2) is 10.9 Å². The minimum atomic E-state index is -0.523. The third-order valence-electron chi connectivity index (χ3n) is 4.45. The van der Waals surface area contributed by atoms with E-state index in [1.807, 2.05) is 13.8 Å². The first-order valence-corrected chi connectivity index (χ1v) is 8.35. The van der Waals surface area contributed by atoms with E-state index in [9.17, 15) is 9.18 Å². The summed E-state index contributed by atoms with van der Waals surface area (Å²) < 4.78 is 24.9. The van der Waals surface area contributed by atoms with Crippen LogP contribution in [0.25, 0.3) is 0 Å². The SMILES string of the molecule is CCc1ncnc(O[C@H]2CCN(C(=O)Cc3c(C)noc3C)C2)c1F. The van der Waals surface area contributed by atoms with Crippen LogP contribution in [0, 0.1) is 19.7 Å². The smallest absolute Gasteiger partial charge is 0.254 e. The Morgan fingerprint density at radius 3 is 2.92 bits per heavy atom. The van der Waals surface area contributed by atoms with Crippen molar-refractivity contribution in [2.24, 2.45) is 0 Å². The van der Waals surface area contributed by atoms with E-state index in [4.69, 9.17) is 9.26 Å². The van der Waals surface area contributed by atoms with E-state index >= 15 is 0 Å². The zero-order valence-corrected chi connectivity index (χ0v) is 14.6. The highest BCUT2D eigenvalue weighted by molar-refractivity contribution is 5.79. The summed E-state index contributed by atoms with van der Waals surface area (Å²) in [4.78, 5) is 22.0. The van der Waals surface area contributed by atoms with E-state index in [1.54, 1.807) is 11.8 Å². The monoisotopic (exact) mass is 348 g/mol. The summed E-state index contributed by atoms with van der Waals surface area (Å²) in [5, 5.41) is 3.87. The van der Waals surface area contributed by atoms with Crippen LogP contribution in [-0.2, 0) is 17.6 Å². The van der Waals surface area contributed by atoms with Crippen molar-refractivity contribution >= 4 is 5.91 Å². The Morgan fingerprint density at radius 2 is 2.24 bits per heavy atom. The number of likely N-dealkylation sites (tertiary alicyclic amines) is 1. The average molecular weight is 348 g/mol. The third-order valence-corrected chi connectivity index (χ3v) is 4.45. The molecule has 8 heteroatoms. The molecule has 0 spiro atoms. The lowest BCUT2D eigenvalue weighted by molar-refractivity contribution is -0.129. The predicted octanol–water partition coefficient (Wildman–Crippen LogP) is 2.01. The highest BCUT2D eigenvalue weighted by Gasteiger charge is 2.29. The van der Waals surface area contributed by atoms with Crippen LogP contribution in [-0.4, -0.2) is 45.1 Å². The molecule has 2 aromatic heterocycles. The first-order valence-electron chi connectivity index (χ1n) is 8.35. The number of halogens is 1. The number of rotatable bonds is 5. The molecule has 134 valence electrons. The van der Waals surface area contributed by atoms with Crippen LogP contribution in [0.4, 0.5) is 4.39 Å². The fourth-order valence-electron chi connectivity index (χ4n) is 2.94. The number of nitrogens with zero attached hydrogens (tertiary/aromatic N) is 4. The summed E-state index contributed by atoms with van der Waals surface area (Å²) in [5.74, 6) is 0.0771. The van der Waals surface area contributed by atoms with Crippen molar-refractivity contribution in [1.29, 1.82) is 0 Å². The zero-order chi connectivity index (χ0) is 18.0. The number of carbonyl (C=O) groups is 1. The van der Waals surface area contributed by atoms with Crippen LogP contribution in [0.1, 0.15) is 36.1 Å². The molecule has 0 N–H and O–H groups in total. The van der Waals surface area contributed by atoms with Crippen molar-refractivity contribution in [3.8, 4) is 5.88 Å². The van der Waals surface area contributed by atoms with E-state index in [-0.39, 0.29) is 24.3 Å². The van der Waals surface area contributed by atoms with Crippen molar-refractivity contribution in [3.05, 3.63) is 34.9 Å². The van der Waals surface area contributed by atoms with Gasteiger partial charge in [0.05, 0.1) is 24.4 Å². The number of carbonyl (C=O) groups excluding carboxylic acids is 1. The lowest BCUT2D eigenvalue weighted by Gasteiger charge is -2.17. The van der Waals surface area contributed by atoms with Crippen LogP contribution in [0.2, 0.25) is 0 Å². The Hall–Kier alpha value is -2.51. The second-order valence-corrected chi connectivity index (χ2v) is 6.14. The van der Waals surface area contributed by atoms with Crippen LogP contribution in [0.3, 0.4) is 0 Å². The van der Waals surface area contributed by atoms with Crippen molar-refractivity contribution in [2.75, 3.05) is 13.1 Å². The van der Waals surface area contributed by atoms with Gasteiger partial charge in [0.15, 0.2) is 0 Å². The molecule has 1 aliphatic heterocycles. The molecule has 1 amide bonds. The second-order valence-electron chi connectivity index (χ2n) is 6.14. The van der Waals surface area contributed by atoms with Crippen LogP contribution < -0.4 is 4.74 Å².